The van der Waals surface area contributed by atoms with E-state index in [1.807, 2.05) is 0 Å². The van der Waals surface area contributed by atoms with Crippen molar-refractivity contribution in [1.29, 1.82) is 0 Å². The number of ether oxygens (including phenoxy) is 1. The van der Waals surface area contributed by atoms with E-state index in [9.17, 15) is 9.59 Å². The first-order chi connectivity index (χ1) is 7.90. The van der Waals surface area contributed by atoms with Crippen molar-refractivity contribution in [3.05, 3.63) is 0 Å². The Bertz CT molecular complexity index is 265. The fraction of sp³-hybridized carbons (Fsp3) is 0.800. The van der Waals surface area contributed by atoms with Gasteiger partial charge in [-0.1, -0.05) is 6.92 Å². The van der Waals surface area contributed by atoms with E-state index in [2.05, 4.69) is 0 Å². The normalized spacial score (nSPS) is 18.1. The molecule has 0 aromatic heterocycles. The van der Waals surface area contributed by atoms with E-state index in [0.29, 0.717) is 0 Å². The Morgan fingerprint density at radius 2 is 1.65 bits per heavy atom. The van der Waals surface area contributed by atoms with Crippen molar-refractivity contribution < 1.29 is 34.8 Å². The average molecular weight is 250 g/mol. The quantitative estimate of drug-likeness (QED) is 0.436. The van der Waals surface area contributed by atoms with Gasteiger partial charge in [0.25, 0.3) is 0 Å². The average Bonchev–Trinajstić information content (AvgIpc) is 2.27. The highest BCUT2D eigenvalue weighted by molar-refractivity contribution is 5.72. The fourth-order valence-electron chi connectivity index (χ4n) is 1.69. The van der Waals surface area contributed by atoms with Gasteiger partial charge in [0.05, 0.1) is 18.6 Å². The summed E-state index contributed by atoms with van der Waals surface area (Å²) < 4.78 is 4.92. The molecule has 0 aromatic carbocycles. The third-order valence-corrected chi connectivity index (χ3v) is 2.85. The molecule has 0 saturated heterocycles. The number of hydrogen-bond acceptors (Lipinski definition) is 5. The summed E-state index contributed by atoms with van der Waals surface area (Å²) in [6, 6.07) is 0. The van der Waals surface area contributed by atoms with Gasteiger partial charge in [-0.2, -0.15) is 0 Å². The molecule has 7 heteroatoms. The second kappa shape index (κ2) is 7.21. The van der Waals surface area contributed by atoms with Gasteiger partial charge in [-0.05, 0) is 0 Å². The van der Waals surface area contributed by atoms with Gasteiger partial charge < -0.3 is 25.2 Å². The van der Waals surface area contributed by atoms with Gasteiger partial charge in [-0.15, -0.1) is 0 Å². The van der Waals surface area contributed by atoms with E-state index in [-0.39, 0.29) is 0 Å². The lowest BCUT2D eigenvalue weighted by Gasteiger charge is -2.30. The summed E-state index contributed by atoms with van der Waals surface area (Å²) in [5.74, 6) is -5.59. The highest BCUT2D eigenvalue weighted by Crippen LogP contribution is 2.24. The molecule has 0 fully saturated rings. The van der Waals surface area contributed by atoms with E-state index in [1.54, 1.807) is 0 Å². The van der Waals surface area contributed by atoms with Gasteiger partial charge in [0, 0.05) is 19.6 Å². The lowest BCUT2D eigenvalue weighted by Crippen LogP contribution is -2.44. The van der Waals surface area contributed by atoms with Crippen molar-refractivity contribution in [2.75, 3.05) is 20.3 Å². The Kier molecular flexibility index (Phi) is 6.71. The SMILES string of the molecule is COC(C(CO)C(=O)O)C(CO)C(C)C(=O)O. The van der Waals surface area contributed by atoms with Crippen LogP contribution in [0.4, 0.5) is 0 Å². The largest absolute Gasteiger partial charge is 0.481 e. The van der Waals surface area contributed by atoms with Crippen LogP contribution in [-0.2, 0) is 14.3 Å². The summed E-state index contributed by atoms with van der Waals surface area (Å²) >= 11 is 0. The molecule has 0 amide bonds. The monoisotopic (exact) mass is 250 g/mol. The van der Waals surface area contributed by atoms with Gasteiger partial charge in [-0.3, -0.25) is 9.59 Å². The molecule has 0 saturated carbocycles. The smallest absolute Gasteiger partial charge is 0.311 e. The molecule has 17 heavy (non-hydrogen) atoms. The van der Waals surface area contributed by atoms with E-state index >= 15 is 0 Å². The first-order valence-electron chi connectivity index (χ1n) is 5.10. The highest BCUT2D eigenvalue weighted by atomic mass is 16.5. The molecule has 0 heterocycles. The van der Waals surface area contributed by atoms with Gasteiger partial charge in [0.2, 0.25) is 0 Å². The van der Waals surface area contributed by atoms with Gasteiger partial charge >= 0.3 is 11.9 Å². The molecule has 0 aliphatic carbocycles. The van der Waals surface area contributed by atoms with Crippen LogP contribution in [0.3, 0.4) is 0 Å². The number of aliphatic carboxylic acids is 2. The summed E-state index contributed by atoms with van der Waals surface area (Å²) in [5.41, 5.74) is 0. The molecule has 0 aliphatic heterocycles. The molecule has 4 N–H and O–H groups in total. The first kappa shape index (κ1) is 15.8. The first-order valence-corrected chi connectivity index (χ1v) is 5.10. The van der Waals surface area contributed by atoms with Crippen molar-refractivity contribution in [3.8, 4) is 0 Å². The standard InChI is InChI=1S/C10H18O7/c1-5(9(13)14)6(3-11)8(17-2)7(4-12)10(15)16/h5-8,11-12H,3-4H2,1-2H3,(H,13,14)(H,15,16). The summed E-state index contributed by atoms with van der Waals surface area (Å²) in [7, 11) is 1.22. The van der Waals surface area contributed by atoms with Crippen molar-refractivity contribution >= 4 is 11.9 Å². The van der Waals surface area contributed by atoms with E-state index in [4.69, 9.17) is 25.2 Å². The zero-order valence-corrected chi connectivity index (χ0v) is 9.74. The molecule has 0 bridgehead atoms. The minimum absolute atomic E-state index is 0.532. The Morgan fingerprint density at radius 3 is 1.88 bits per heavy atom. The summed E-state index contributed by atoms with van der Waals surface area (Å²) in [6.07, 6.45) is -1.06. The lowest BCUT2D eigenvalue weighted by molar-refractivity contribution is -0.158. The second-order valence-electron chi connectivity index (χ2n) is 3.80. The fourth-order valence-corrected chi connectivity index (χ4v) is 1.69. The highest BCUT2D eigenvalue weighted by Gasteiger charge is 2.38. The molecule has 0 spiro atoms. The molecule has 100 valence electrons. The Morgan fingerprint density at radius 1 is 1.12 bits per heavy atom. The Labute approximate surface area is 98.6 Å². The summed E-state index contributed by atoms with van der Waals surface area (Å²) in [6.45, 7) is 0.137. The molecule has 0 rings (SSSR count). The third-order valence-electron chi connectivity index (χ3n) is 2.85. The van der Waals surface area contributed by atoms with Crippen LogP contribution >= 0.6 is 0 Å². The lowest BCUT2D eigenvalue weighted by atomic mass is 9.83. The number of rotatable bonds is 8. The predicted octanol–water partition coefficient (Wildman–Crippen LogP) is -0.976. The van der Waals surface area contributed by atoms with Crippen molar-refractivity contribution in [1.82, 2.24) is 0 Å². The molecule has 0 aliphatic rings. The maximum Gasteiger partial charge on any atom is 0.311 e. The minimum Gasteiger partial charge on any atom is -0.481 e. The number of methoxy groups -OCH3 is 1. The second-order valence-corrected chi connectivity index (χ2v) is 3.80. The Hall–Kier alpha value is -1.18. The molecule has 0 aromatic rings. The van der Waals surface area contributed by atoms with Crippen LogP contribution < -0.4 is 0 Å². The molecule has 4 unspecified atom stereocenters. The van der Waals surface area contributed by atoms with Crippen LogP contribution in [0.15, 0.2) is 0 Å². The molecular weight excluding hydrogens is 232 g/mol. The minimum atomic E-state index is -1.30. The van der Waals surface area contributed by atoms with Gasteiger partial charge in [0.1, 0.15) is 5.92 Å². The van der Waals surface area contributed by atoms with E-state index in [0.717, 1.165) is 0 Å². The molecule has 0 radical (unpaired) electrons. The maximum atomic E-state index is 10.9. The van der Waals surface area contributed by atoms with Crippen LogP contribution in [0.25, 0.3) is 0 Å². The third kappa shape index (κ3) is 3.95. The maximum absolute atomic E-state index is 10.9. The van der Waals surface area contributed by atoms with Crippen molar-refractivity contribution in [2.45, 2.75) is 13.0 Å². The summed E-state index contributed by atoms with van der Waals surface area (Å²) in [5, 5.41) is 35.8. The zero-order chi connectivity index (χ0) is 13.6. The van der Waals surface area contributed by atoms with E-state index < -0.39 is 49.0 Å². The summed E-state index contributed by atoms with van der Waals surface area (Å²) in [4.78, 5) is 21.7. The zero-order valence-electron chi connectivity index (χ0n) is 9.74. The van der Waals surface area contributed by atoms with Crippen LogP contribution in [0.1, 0.15) is 6.92 Å². The number of aliphatic hydroxyl groups excluding tert-OH is 2. The molecular formula is C10H18O7. The van der Waals surface area contributed by atoms with Crippen LogP contribution in [0, 0.1) is 17.8 Å². The predicted molar refractivity (Wildman–Crippen MR) is 56.4 cm³/mol. The van der Waals surface area contributed by atoms with Gasteiger partial charge in [-0.25, -0.2) is 0 Å². The molecule has 7 nitrogen and oxygen atoms in total. The van der Waals surface area contributed by atoms with Crippen LogP contribution in [-0.4, -0.2) is 58.8 Å². The Balaban J connectivity index is 5.03. The topological polar surface area (TPSA) is 124 Å². The molecule has 4 atom stereocenters. The number of carbonyl (C=O) groups is 2. The number of carboxylic acid groups (broad SMARTS) is 2. The van der Waals surface area contributed by atoms with Crippen molar-refractivity contribution in [2.24, 2.45) is 17.8 Å². The number of carboxylic acids is 2. The number of hydrogen-bond donors (Lipinski definition) is 4. The van der Waals surface area contributed by atoms with Crippen molar-refractivity contribution in [3.63, 3.8) is 0 Å². The van der Waals surface area contributed by atoms with Crippen LogP contribution in [0.2, 0.25) is 0 Å². The van der Waals surface area contributed by atoms with Crippen LogP contribution in [0.5, 0.6) is 0 Å². The number of aliphatic hydroxyl groups is 2. The van der Waals surface area contributed by atoms with E-state index in [1.165, 1.54) is 14.0 Å². The van der Waals surface area contributed by atoms with Gasteiger partial charge in [0.15, 0.2) is 0 Å².